The number of ether oxygens (including phenoxy) is 10. The molecule has 0 unspecified atom stereocenters. The van der Waals surface area contributed by atoms with Gasteiger partial charge in [-0.3, -0.25) is 0 Å². The lowest BCUT2D eigenvalue weighted by atomic mass is 9.97. The molecule has 9 atom stereocenters. The van der Waals surface area contributed by atoms with Crippen LogP contribution in [0.3, 0.4) is 0 Å². The molecular weight excluding hydrogens is 965 g/mol. The average molecular weight is 1020 g/mol. The van der Waals surface area contributed by atoms with Gasteiger partial charge in [-0.2, -0.15) is 0 Å². The molecule has 0 bridgehead atoms. The van der Waals surface area contributed by atoms with Gasteiger partial charge >= 0.3 is 35.8 Å². The van der Waals surface area contributed by atoms with Gasteiger partial charge in [0.05, 0.1) is 53.2 Å². The molecule has 2 saturated heterocycles. The third-order valence-corrected chi connectivity index (χ3v) is 11.9. The van der Waals surface area contributed by atoms with Crippen molar-refractivity contribution < 1.29 is 76.1 Å². The predicted molar refractivity (Wildman–Crippen MR) is 268 cm³/mol. The lowest BCUT2D eigenvalue weighted by molar-refractivity contribution is -0.318. The van der Waals surface area contributed by atoms with Gasteiger partial charge in [0.15, 0.2) is 49.2 Å². The minimum Gasteiger partial charge on any atom is -0.452 e. The molecule has 0 radical (unpaired) electrons. The third kappa shape index (κ3) is 14.3. The summed E-state index contributed by atoms with van der Waals surface area (Å²) in [5, 5.41) is 0. The highest BCUT2D eigenvalue weighted by Gasteiger charge is 2.55. The molecule has 0 spiro atoms. The molecule has 16 heteroatoms. The molecule has 0 aromatic heterocycles. The largest absolute Gasteiger partial charge is 0.452 e. The van der Waals surface area contributed by atoms with E-state index in [0.29, 0.717) is 6.42 Å². The maximum Gasteiger partial charge on any atom is 0.338 e. The number of allylic oxidation sites excluding steroid dienone is 1. The zero-order valence-electron chi connectivity index (χ0n) is 40.7. The first-order chi connectivity index (χ1) is 36.7. The van der Waals surface area contributed by atoms with E-state index in [9.17, 15) is 28.8 Å². The Morgan fingerprint density at radius 1 is 0.413 bits per heavy atom. The predicted octanol–water partition coefficient (Wildman–Crippen LogP) is 8.81. The van der Waals surface area contributed by atoms with Crippen LogP contribution >= 0.6 is 0 Å². The van der Waals surface area contributed by atoms with Crippen molar-refractivity contribution in [3.8, 4) is 0 Å². The van der Waals surface area contributed by atoms with E-state index in [1.807, 2.05) is 19.1 Å². The molecule has 0 amide bonds. The number of benzene rings is 6. The Morgan fingerprint density at radius 3 is 1.16 bits per heavy atom. The van der Waals surface area contributed by atoms with Crippen LogP contribution in [0.25, 0.3) is 0 Å². The van der Waals surface area contributed by atoms with Crippen LogP contribution in [0.5, 0.6) is 0 Å². The Hall–Kier alpha value is -8.28. The normalized spacial score (nSPS) is 22.2. The Labute approximate surface area is 433 Å². The van der Waals surface area contributed by atoms with E-state index in [4.69, 9.17) is 47.4 Å². The Morgan fingerprint density at radius 2 is 0.760 bits per heavy atom. The maximum atomic E-state index is 14.2. The molecule has 6 aromatic rings. The van der Waals surface area contributed by atoms with Crippen molar-refractivity contribution in [2.75, 3.05) is 19.8 Å². The highest BCUT2D eigenvalue weighted by Crippen LogP contribution is 2.34. The van der Waals surface area contributed by atoms with E-state index >= 15 is 0 Å². The van der Waals surface area contributed by atoms with Crippen LogP contribution in [0.4, 0.5) is 0 Å². The number of hydrogen-bond donors (Lipinski definition) is 0. The van der Waals surface area contributed by atoms with E-state index in [-0.39, 0.29) is 40.0 Å². The molecule has 75 heavy (non-hydrogen) atoms. The fraction of sp³-hybridized carbons (Fsp3) is 0.254. The third-order valence-electron chi connectivity index (χ3n) is 11.9. The van der Waals surface area contributed by atoms with Gasteiger partial charge in [0.25, 0.3) is 0 Å². The number of carbonyl (C=O) groups excluding carboxylic acids is 6. The van der Waals surface area contributed by atoms with Gasteiger partial charge < -0.3 is 47.4 Å². The lowest BCUT2D eigenvalue weighted by Crippen LogP contribution is -2.64. The SMILES string of the molecule is CC/C=C\CCO[C@@H]1O[C@H](CO[C@@H]2OC[C@@H](OC(=O)c3ccccc3)[C@H](OC(=O)c3ccccc3)[C@H]2OC(=O)c2ccccc2)[C@@H](OC(=O)c2ccccc2)[C@H](OC(=O)c2ccccc2)[C@H]1OC(=O)c1ccccc1. The maximum absolute atomic E-state index is 14.2. The van der Waals surface area contributed by atoms with Crippen LogP contribution in [0.2, 0.25) is 0 Å². The Balaban J connectivity index is 1.18. The first-order valence-electron chi connectivity index (χ1n) is 24.4. The summed E-state index contributed by atoms with van der Waals surface area (Å²) in [4.78, 5) is 84.0. The van der Waals surface area contributed by atoms with E-state index in [2.05, 4.69) is 0 Å². The molecule has 0 N–H and O–H groups in total. The summed E-state index contributed by atoms with van der Waals surface area (Å²) >= 11 is 0. The molecule has 2 aliphatic rings. The second-order valence-electron chi connectivity index (χ2n) is 17.1. The number of esters is 6. The standard InChI is InChI=1S/C59H54O16/c1-2-3-4-23-36-66-59-51(75-57(65)44-34-21-10-22-35-44)49(73-55(63)42-30-17-8-18-31-42)47(71-53(61)40-26-13-6-14-27-40)46(70-59)38-68-58-50(74-56(64)43-32-19-9-20-33-43)48(72-54(62)41-28-15-7-16-29-41)45(37-67-58)69-52(60)39-24-11-5-12-25-39/h3-22,24-35,45-51,58-59H,2,23,36-38H2,1H3/b4-3-/t45-,46-,47-,48+,49+,50-,51-,58+,59-/m1/s1. The molecule has 2 fully saturated rings. The van der Waals surface area contributed by atoms with Crippen LogP contribution in [-0.2, 0) is 47.4 Å². The van der Waals surface area contributed by atoms with Crippen molar-refractivity contribution in [2.45, 2.75) is 75.1 Å². The number of carbonyl (C=O) groups is 6. The molecule has 2 heterocycles. The monoisotopic (exact) mass is 1020 g/mol. The summed E-state index contributed by atoms with van der Waals surface area (Å²) < 4.78 is 62.6. The van der Waals surface area contributed by atoms with Gasteiger partial charge in [0, 0.05) is 0 Å². The lowest BCUT2D eigenvalue weighted by Gasteiger charge is -2.45. The van der Waals surface area contributed by atoms with Crippen LogP contribution in [0.15, 0.2) is 194 Å². The molecule has 16 nitrogen and oxygen atoms in total. The van der Waals surface area contributed by atoms with Crippen LogP contribution in [0, 0.1) is 0 Å². The zero-order chi connectivity index (χ0) is 52.4. The molecule has 8 rings (SSSR count). The summed E-state index contributed by atoms with van der Waals surface area (Å²) in [5.41, 5.74) is 0.824. The van der Waals surface area contributed by atoms with Crippen molar-refractivity contribution in [3.05, 3.63) is 228 Å². The number of rotatable bonds is 20. The van der Waals surface area contributed by atoms with Crippen LogP contribution in [-0.4, -0.2) is 111 Å². The van der Waals surface area contributed by atoms with Gasteiger partial charge in [-0.05, 0) is 85.6 Å². The summed E-state index contributed by atoms with van der Waals surface area (Å²) in [6.45, 7) is 0.963. The van der Waals surface area contributed by atoms with Crippen LogP contribution < -0.4 is 0 Å². The highest BCUT2D eigenvalue weighted by molar-refractivity contribution is 5.92. The number of hydrogen-bond acceptors (Lipinski definition) is 16. The second kappa shape index (κ2) is 26.6. The minimum absolute atomic E-state index is 0.0305. The smallest absolute Gasteiger partial charge is 0.338 e. The summed E-state index contributed by atoms with van der Waals surface area (Å²) in [6.07, 6.45) is -8.99. The van der Waals surface area contributed by atoms with Crippen molar-refractivity contribution >= 4 is 35.8 Å². The highest BCUT2D eigenvalue weighted by atomic mass is 16.8. The van der Waals surface area contributed by atoms with Gasteiger partial charge in [-0.15, -0.1) is 0 Å². The van der Waals surface area contributed by atoms with Crippen molar-refractivity contribution in [1.82, 2.24) is 0 Å². The topological polar surface area (TPSA) is 195 Å². The summed E-state index contributed by atoms with van der Waals surface area (Å²) in [6, 6.07) is 48.2. The second-order valence-corrected chi connectivity index (χ2v) is 17.1. The van der Waals surface area contributed by atoms with Gasteiger partial charge in [0.2, 0.25) is 0 Å². The zero-order valence-corrected chi connectivity index (χ0v) is 40.7. The molecule has 0 aliphatic carbocycles. The quantitative estimate of drug-likeness (QED) is 0.0304. The molecule has 2 aliphatic heterocycles. The van der Waals surface area contributed by atoms with Gasteiger partial charge in [0.1, 0.15) is 6.10 Å². The fourth-order valence-electron chi connectivity index (χ4n) is 8.14. The first-order valence-corrected chi connectivity index (χ1v) is 24.4. The molecule has 6 aromatic carbocycles. The Bertz CT molecular complexity index is 2830. The van der Waals surface area contributed by atoms with Gasteiger partial charge in [-0.25, -0.2) is 28.8 Å². The Kier molecular flexibility index (Phi) is 18.8. The van der Waals surface area contributed by atoms with E-state index in [1.54, 1.807) is 109 Å². The molecule has 386 valence electrons. The van der Waals surface area contributed by atoms with Crippen molar-refractivity contribution in [3.63, 3.8) is 0 Å². The van der Waals surface area contributed by atoms with E-state index in [1.165, 1.54) is 72.8 Å². The van der Waals surface area contributed by atoms with Gasteiger partial charge in [-0.1, -0.05) is 128 Å². The summed E-state index contributed by atoms with van der Waals surface area (Å²) in [7, 11) is 0. The summed E-state index contributed by atoms with van der Waals surface area (Å²) in [5.74, 6) is -5.07. The fourth-order valence-corrected chi connectivity index (χ4v) is 8.14. The molecular formula is C59H54O16. The molecule has 0 saturated carbocycles. The van der Waals surface area contributed by atoms with E-state index < -0.39 is 104 Å². The average Bonchev–Trinajstić information content (AvgIpc) is 3.46. The van der Waals surface area contributed by atoms with E-state index in [0.717, 1.165) is 6.42 Å². The first kappa shape index (κ1) is 53.0. The van der Waals surface area contributed by atoms with Crippen LogP contribution in [0.1, 0.15) is 81.9 Å². The minimum atomic E-state index is -1.66. The van der Waals surface area contributed by atoms with Crippen molar-refractivity contribution in [2.24, 2.45) is 0 Å². The van der Waals surface area contributed by atoms with Crippen molar-refractivity contribution in [1.29, 1.82) is 0 Å².